The highest BCUT2D eigenvalue weighted by Gasteiger charge is 2.13. The van der Waals surface area contributed by atoms with Crippen molar-refractivity contribution in [2.75, 3.05) is 26.0 Å². The average Bonchev–Trinajstić information content (AvgIpc) is 3.18. The van der Waals surface area contributed by atoms with Crippen LogP contribution in [-0.4, -0.2) is 63.0 Å². The summed E-state index contributed by atoms with van der Waals surface area (Å²) in [4.78, 5) is 16.9. The lowest BCUT2D eigenvalue weighted by Gasteiger charge is -2.16. The van der Waals surface area contributed by atoms with Gasteiger partial charge in [-0.2, -0.15) is 5.10 Å². The molecule has 0 aliphatic rings. The first-order chi connectivity index (χ1) is 14.4. The lowest BCUT2D eigenvalue weighted by atomic mass is 10.1. The number of allylic oxidation sites excluding steroid dienone is 1. The molecule has 3 N–H and O–H groups in total. The third-order valence-corrected chi connectivity index (χ3v) is 4.91. The molecular weight excluding hydrogens is 378 g/mol. The summed E-state index contributed by atoms with van der Waals surface area (Å²) in [5.74, 6) is 0.548. The Hall–Kier alpha value is -3.26. The quantitative estimate of drug-likeness (QED) is 0.371. The van der Waals surface area contributed by atoms with E-state index in [-0.39, 0.29) is 6.61 Å². The molecular formula is C22H29N7O. The highest BCUT2D eigenvalue weighted by molar-refractivity contribution is 6.10. The molecule has 0 unspecified atom stereocenters. The molecule has 158 valence electrons. The van der Waals surface area contributed by atoms with Crippen molar-refractivity contribution in [1.29, 1.82) is 0 Å². The molecule has 0 aliphatic carbocycles. The number of hydrogen-bond donors (Lipinski definition) is 3. The van der Waals surface area contributed by atoms with Crippen molar-refractivity contribution < 1.29 is 5.11 Å². The number of fused-ring (bicyclic) bond motifs is 1. The number of aromatic amines is 1. The molecule has 3 aromatic heterocycles. The number of hydrogen-bond acceptors (Lipinski definition) is 7. The molecule has 0 aliphatic heterocycles. The summed E-state index contributed by atoms with van der Waals surface area (Å²) in [5, 5.41) is 19.4. The van der Waals surface area contributed by atoms with Gasteiger partial charge in [0, 0.05) is 61.3 Å². The van der Waals surface area contributed by atoms with Crippen LogP contribution in [0.2, 0.25) is 0 Å². The van der Waals surface area contributed by atoms with E-state index in [1.807, 2.05) is 30.4 Å². The van der Waals surface area contributed by atoms with Crippen LogP contribution in [0.1, 0.15) is 31.5 Å². The molecule has 0 bridgehead atoms. The smallest absolute Gasteiger partial charge is 0.223 e. The van der Waals surface area contributed by atoms with E-state index in [1.54, 1.807) is 19.5 Å². The zero-order valence-electron chi connectivity index (χ0n) is 18.0. The number of hydrazone groups is 1. The molecule has 3 heterocycles. The third kappa shape index (κ3) is 4.83. The van der Waals surface area contributed by atoms with Crippen LogP contribution in [0.5, 0.6) is 0 Å². The molecule has 0 saturated carbocycles. The maximum Gasteiger partial charge on any atom is 0.223 e. The predicted octanol–water partition coefficient (Wildman–Crippen LogP) is 3.33. The summed E-state index contributed by atoms with van der Waals surface area (Å²) in [5.41, 5.74) is 5.07. The number of pyridine rings is 1. The van der Waals surface area contributed by atoms with Crippen LogP contribution >= 0.6 is 0 Å². The monoisotopic (exact) mass is 407 g/mol. The number of aromatic nitrogens is 4. The number of aliphatic hydroxyl groups excluding tert-OH is 1. The first-order valence-corrected chi connectivity index (χ1v) is 10.0. The number of aryl methyl sites for hydroxylation is 1. The van der Waals surface area contributed by atoms with E-state index in [9.17, 15) is 0 Å². The second-order valence-electron chi connectivity index (χ2n) is 7.41. The van der Waals surface area contributed by atoms with Crippen LogP contribution in [0, 0.1) is 0 Å². The lowest BCUT2D eigenvalue weighted by molar-refractivity contribution is 0.288. The van der Waals surface area contributed by atoms with Gasteiger partial charge in [-0.3, -0.25) is 5.01 Å². The Bertz CT molecular complexity index is 1050. The molecule has 3 rings (SSSR count). The highest BCUT2D eigenvalue weighted by Crippen LogP contribution is 2.29. The Labute approximate surface area is 176 Å². The van der Waals surface area contributed by atoms with E-state index in [0.717, 1.165) is 39.1 Å². The van der Waals surface area contributed by atoms with E-state index >= 15 is 0 Å². The summed E-state index contributed by atoms with van der Waals surface area (Å²) in [6.07, 6.45) is 6.79. The van der Waals surface area contributed by atoms with Gasteiger partial charge in [-0.1, -0.05) is 6.58 Å². The van der Waals surface area contributed by atoms with Crippen molar-refractivity contribution in [2.45, 2.75) is 32.7 Å². The van der Waals surface area contributed by atoms with E-state index in [2.05, 4.69) is 50.8 Å². The van der Waals surface area contributed by atoms with Crippen LogP contribution in [0.15, 0.2) is 36.2 Å². The van der Waals surface area contributed by atoms with E-state index in [1.165, 1.54) is 0 Å². The number of nitrogens with zero attached hydrogens (tertiary/aromatic N) is 5. The molecule has 30 heavy (non-hydrogen) atoms. The zero-order chi connectivity index (χ0) is 21.7. The molecule has 8 heteroatoms. The van der Waals surface area contributed by atoms with Gasteiger partial charge in [-0.15, -0.1) is 0 Å². The minimum atomic E-state index is 0.129. The third-order valence-electron chi connectivity index (χ3n) is 4.91. The largest absolute Gasteiger partial charge is 0.396 e. The van der Waals surface area contributed by atoms with Crippen LogP contribution in [0.3, 0.4) is 0 Å². The molecule has 0 atom stereocenters. The second kappa shape index (κ2) is 9.49. The summed E-state index contributed by atoms with van der Waals surface area (Å²) in [7, 11) is 3.73. The van der Waals surface area contributed by atoms with Crippen LogP contribution in [-0.2, 0) is 6.42 Å². The van der Waals surface area contributed by atoms with Gasteiger partial charge >= 0.3 is 0 Å². The second-order valence-corrected chi connectivity index (χ2v) is 7.41. The molecule has 0 fully saturated rings. The van der Waals surface area contributed by atoms with Crippen LogP contribution in [0.25, 0.3) is 27.9 Å². The van der Waals surface area contributed by atoms with Crippen LogP contribution in [0.4, 0.5) is 5.95 Å². The number of anilines is 1. The van der Waals surface area contributed by atoms with Gasteiger partial charge in [0.1, 0.15) is 5.65 Å². The van der Waals surface area contributed by atoms with E-state index in [0.29, 0.717) is 24.8 Å². The van der Waals surface area contributed by atoms with Crippen LogP contribution < -0.4 is 5.32 Å². The van der Waals surface area contributed by atoms with Gasteiger partial charge in [0.25, 0.3) is 0 Å². The van der Waals surface area contributed by atoms with Crippen molar-refractivity contribution in [3.63, 3.8) is 0 Å². The van der Waals surface area contributed by atoms with Gasteiger partial charge < -0.3 is 15.4 Å². The fraction of sp³-hybridized carbons (Fsp3) is 0.364. The zero-order valence-corrected chi connectivity index (χ0v) is 18.0. The first-order valence-electron chi connectivity index (χ1n) is 10.0. The summed E-state index contributed by atoms with van der Waals surface area (Å²) in [6, 6.07) is 4.32. The number of nitrogens with one attached hydrogen (secondary N) is 2. The SMILES string of the molecule is C=C(C=NN(C)C(C)C)c1cnc2[nH]cc(-c3cc(CCCO)nc(NC)n3)c2c1. The minimum Gasteiger partial charge on any atom is -0.396 e. The highest BCUT2D eigenvalue weighted by atomic mass is 16.2. The summed E-state index contributed by atoms with van der Waals surface area (Å²) < 4.78 is 0. The van der Waals surface area contributed by atoms with Crippen molar-refractivity contribution in [3.05, 3.63) is 42.4 Å². The van der Waals surface area contributed by atoms with Crippen molar-refractivity contribution >= 4 is 28.8 Å². The minimum absolute atomic E-state index is 0.129. The van der Waals surface area contributed by atoms with Gasteiger partial charge in [0.05, 0.1) is 11.9 Å². The molecule has 0 spiro atoms. The van der Waals surface area contributed by atoms with Gasteiger partial charge in [0.2, 0.25) is 5.95 Å². The summed E-state index contributed by atoms with van der Waals surface area (Å²) >= 11 is 0. The molecule has 0 aromatic carbocycles. The van der Waals surface area contributed by atoms with E-state index in [4.69, 9.17) is 5.11 Å². The normalized spacial score (nSPS) is 11.5. The molecule has 0 radical (unpaired) electrons. The Balaban J connectivity index is 1.98. The standard InChI is InChI=1S/C22H29N7O/c1-14(2)29(5)26-11-15(3)16-9-18-19(13-25-21(18)24-12-16)20-10-17(7-6-8-30)27-22(23-4)28-20/h9-14,30H,3,6-8H2,1-2,4-5H3,(H,24,25)(H,23,27,28). The number of H-pyrrole nitrogens is 1. The van der Waals surface area contributed by atoms with Gasteiger partial charge in [-0.25, -0.2) is 15.0 Å². The maximum absolute atomic E-state index is 9.15. The number of rotatable bonds is 9. The Morgan fingerprint density at radius 3 is 2.87 bits per heavy atom. The summed E-state index contributed by atoms with van der Waals surface area (Å²) in [6.45, 7) is 8.43. The topological polar surface area (TPSA) is 102 Å². The average molecular weight is 408 g/mol. The Kier molecular flexibility index (Phi) is 6.79. The fourth-order valence-corrected chi connectivity index (χ4v) is 2.90. The predicted molar refractivity (Wildman–Crippen MR) is 122 cm³/mol. The molecule has 0 saturated heterocycles. The Morgan fingerprint density at radius 2 is 2.17 bits per heavy atom. The van der Waals surface area contributed by atoms with Crippen molar-refractivity contribution in [2.24, 2.45) is 5.10 Å². The Morgan fingerprint density at radius 1 is 1.37 bits per heavy atom. The molecule has 0 amide bonds. The van der Waals surface area contributed by atoms with E-state index < -0.39 is 0 Å². The fourth-order valence-electron chi connectivity index (χ4n) is 2.90. The maximum atomic E-state index is 9.15. The molecule has 8 nitrogen and oxygen atoms in total. The first kappa shape index (κ1) is 21.4. The van der Waals surface area contributed by atoms with Crippen molar-refractivity contribution in [3.8, 4) is 11.3 Å². The number of aliphatic hydroxyl groups is 1. The van der Waals surface area contributed by atoms with Gasteiger partial charge in [0.15, 0.2) is 0 Å². The van der Waals surface area contributed by atoms with Gasteiger partial charge in [-0.05, 0) is 44.4 Å². The lowest BCUT2D eigenvalue weighted by Crippen LogP contribution is -2.20. The van der Waals surface area contributed by atoms with Crippen molar-refractivity contribution in [1.82, 2.24) is 24.9 Å². The molecule has 3 aromatic rings.